The summed E-state index contributed by atoms with van der Waals surface area (Å²) in [5.41, 5.74) is 2.43. The Bertz CT molecular complexity index is 258. The molecule has 0 N–H and O–H groups in total. The molecular formula is C8H9Cl2P. The lowest BCUT2D eigenvalue weighted by Gasteiger charge is -2.05. The average molecular weight is 207 g/mol. The predicted octanol–water partition coefficient (Wildman–Crippen LogP) is 3.72. The molecule has 0 fully saturated rings. The fourth-order valence-electron chi connectivity index (χ4n) is 0.995. The highest BCUT2D eigenvalue weighted by molar-refractivity contribution is 8.08. The topological polar surface area (TPSA) is 0 Å². The molecule has 0 radical (unpaired) electrons. The van der Waals surface area contributed by atoms with Crippen LogP contribution in [0.15, 0.2) is 18.2 Å². The maximum Gasteiger partial charge on any atom is 0.117 e. The van der Waals surface area contributed by atoms with Crippen LogP contribution >= 0.6 is 29.1 Å². The standard InChI is InChI=1S/C8H9Cl2P/c1-6-3-4-8(11(9)10)7(2)5-6/h3-5H,1-2H3. The van der Waals surface area contributed by atoms with Crippen molar-refractivity contribution in [2.24, 2.45) is 0 Å². The van der Waals surface area contributed by atoms with Crippen LogP contribution in [0.3, 0.4) is 0 Å². The summed E-state index contributed by atoms with van der Waals surface area (Å²) in [6.45, 7) is 3.10. The SMILES string of the molecule is Cc1ccc(P(Cl)Cl)c(C)c1. The molecule has 0 saturated carbocycles. The van der Waals surface area contributed by atoms with Gasteiger partial charge in [0.15, 0.2) is 0 Å². The lowest BCUT2D eigenvalue weighted by Crippen LogP contribution is -1.99. The molecule has 1 rings (SSSR count). The van der Waals surface area contributed by atoms with Crippen LogP contribution in [0, 0.1) is 13.8 Å². The van der Waals surface area contributed by atoms with Crippen molar-refractivity contribution in [3.05, 3.63) is 29.3 Å². The third kappa shape index (κ3) is 2.33. The van der Waals surface area contributed by atoms with Gasteiger partial charge in [0.25, 0.3) is 0 Å². The van der Waals surface area contributed by atoms with E-state index in [1.165, 1.54) is 11.1 Å². The largest absolute Gasteiger partial charge is 0.117 e. The molecule has 1 aromatic rings. The van der Waals surface area contributed by atoms with Crippen molar-refractivity contribution in [2.45, 2.75) is 13.8 Å². The minimum Gasteiger partial charge on any atom is -0.0727 e. The average Bonchev–Trinajstić information content (AvgIpc) is 1.85. The van der Waals surface area contributed by atoms with E-state index in [0.717, 1.165) is 5.30 Å². The van der Waals surface area contributed by atoms with Gasteiger partial charge in [-0.3, -0.25) is 0 Å². The van der Waals surface area contributed by atoms with Crippen molar-refractivity contribution in [2.75, 3.05) is 0 Å². The molecule has 11 heavy (non-hydrogen) atoms. The lowest BCUT2D eigenvalue weighted by atomic mass is 10.2. The summed E-state index contributed by atoms with van der Waals surface area (Å²) in [5.74, 6) is 0. The first-order valence-corrected chi connectivity index (χ1v) is 6.45. The summed E-state index contributed by atoms with van der Waals surface area (Å²) in [6.07, 6.45) is 0. The van der Waals surface area contributed by atoms with Crippen molar-refractivity contribution >= 4 is 34.4 Å². The van der Waals surface area contributed by atoms with E-state index in [9.17, 15) is 0 Å². The van der Waals surface area contributed by atoms with Gasteiger partial charge in [0.05, 0.1) is 0 Å². The molecule has 0 unspecified atom stereocenters. The van der Waals surface area contributed by atoms with Crippen molar-refractivity contribution in [1.82, 2.24) is 0 Å². The van der Waals surface area contributed by atoms with Crippen LogP contribution in [0.5, 0.6) is 0 Å². The highest BCUT2D eigenvalue weighted by Gasteiger charge is 2.05. The molecule has 0 aromatic heterocycles. The van der Waals surface area contributed by atoms with Gasteiger partial charge < -0.3 is 0 Å². The van der Waals surface area contributed by atoms with Gasteiger partial charge in [-0.15, -0.1) is 0 Å². The number of hydrogen-bond donors (Lipinski definition) is 0. The molecule has 0 bridgehead atoms. The summed E-state index contributed by atoms with van der Waals surface area (Å²) in [5, 5.41) is 1.06. The van der Waals surface area contributed by atoms with Gasteiger partial charge in [-0.25, -0.2) is 0 Å². The van der Waals surface area contributed by atoms with Crippen LogP contribution in [0.4, 0.5) is 0 Å². The summed E-state index contributed by atoms with van der Waals surface area (Å²) >= 11 is 11.6. The molecular weight excluding hydrogens is 198 g/mol. The molecule has 0 heterocycles. The zero-order valence-electron chi connectivity index (χ0n) is 6.44. The second-order valence-electron chi connectivity index (χ2n) is 2.52. The van der Waals surface area contributed by atoms with Gasteiger partial charge in [-0.2, -0.15) is 0 Å². The van der Waals surface area contributed by atoms with E-state index in [1.807, 2.05) is 19.1 Å². The smallest absolute Gasteiger partial charge is 0.0727 e. The number of aryl methyl sites for hydroxylation is 2. The number of halogens is 2. The molecule has 0 spiro atoms. The first-order chi connectivity index (χ1) is 5.11. The van der Waals surface area contributed by atoms with Crippen LogP contribution in [-0.2, 0) is 0 Å². The highest BCUT2D eigenvalue weighted by Crippen LogP contribution is 2.46. The van der Waals surface area contributed by atoms with E-state index in [0.29, 0.717) is 0 Å². The fraction of sp³-hybridized carbons (Fsp3) is 0.250. The third-order valence-electron chi connectivity index (χ3n) is 1.53. The molecule has 0 amide bonds. The maximum atomic E-state index is 5.79. The van der Waals surface area contributed by atoms with Gasteiger partial charge in [0.1, 0.15) is 6.63 Å². The van der Waals surface area contributed by atoms with E-state index in [2.05, 4.69) is 13.0 Å². The number of rotatable bonds is 1. The Morgan fingerprint density at radius 3 is 2.27 bits per heavy atom. The molecule has 0 aliphatic carbocycles. The third-order valence-corrected chi connectivity index (χ3v) is 3.49. The molecule has 0 saturated heterocycles. The minimum atomic E-state index is -0.984. The van der Waals surface area contributed by atoms with Gasteiger partial charge in [0, 0.05) is 5.30 Å². The Balaban J connectivity index is 3.09. The van der Waals surface area contributed by atoms with Crippen LogP contribution in [-0.4, -0.2) is 0 Å². The van der Waals surface area contributed by atoms with E-state index < -0.39 is 6.63 Å². The Morgan fingerprint density at radius 2 is 1.82 bits per heavy atom. The fourth-order valence-corrected chi connectivity index (χ4v) is 2.65. The molecule has 0 aliphatic heterocycles. The highest BCUT2D eigenvalue weighted by atomic mass is 35.9. The zero-order chi connectivity index (χ0) is 8.43. The monoisotopic (exact) mass is 206 g/mol. The molecule has 1 aromatic carbocycles. The van der Waals surface area contributed by atoms with Crippen LogP contribution in [0.25, 0.3) is 0 Å². The van der Waals surface area contributed by atoms with Crippen molar-refractivity contribution in [3.8, 4) is 0 Å². The van der Waals surface area contributed by atoms with Gasteiger partial charge in [-0.05, 0) is 19.4 Å². The zero-order valence-corrected chi connectivity index (χ0v) is 8.84. The van der Waals surface area contributed by atoms with Crippen LogP contribution in [0.1, 0.15) is 11.1 Å². The molecule has 3 heteroatoms. The maximum absolute atomic E-state index is 5.79. The quantitative estimate of drug-likeness (QED) is 0.615. The second kappa shape index (κ2) is 3.76. The van der Waals surface area contributed by atoms with Crippen LogP contribution < -0.4 is 5.30 Å². The second-order valence-corrected chi connectivity index (χ2v) is 6.02. The van der Waals surface area contributed by atoms with Gasteiger partial charge in [0.2, 0.25) is 0 Å². The summed E-state index contributed by atoms with van der Waals surface area (Å²) in [6, 6.07) is 6.12. The van der Waals surface area contributed by atoms with Gasteiger partial charge in [-0.1, -0.05) is 46.2 Å². The van der Waals surface area contributed by atoms with Gasteiger partial charge >= 0.3 is 0 Å². The first-order valence-electron chi connectivity index (χ1n) is 3.30. The minimum absolute atomic E-state index is 0.984. The number of benzene rings is 1. The molecule has 0 aliphatic rings. The van der Waals surface area contributed by atoms with E-state index in [1.54, 1.807) is 0 Å². The van der Waals surface area contributed by atoms with E-state index in [4.69, 9.17) is 22.5 Å². The summed E-state index contributed by atoms with van der Waals surface area (Å²) in [7, 11) is 0. The summed E-state index contributed by atoms with van der Waals surface area (Å²) in [4.78, 5) is 0. The Kier molecular flexibility index (Phi) is 3.18. The summed E-state index contributed by atoms with van der Waals surface area (Å²) < 4.78 is 0. The Labute approximate surface area is 77.9 Å². The lowest BCUT2D eigenvalue weighted by molar-refractivity contribution is 1.41. The van der Waals surface area contributed by atoms with Crippen molar-refractivity contribution in [1.29, 1.82) is 0 Å². The normalized spacial score (nSPS) is 10.6. The molecule has 0 atom stereocenters. The Hall–Kier alpha value is 0.230. The Morgan fingerprint density at radius 1 is 1.18 bits per heavy atom. The van der Waals surface area contributed by atoms with E-state index >= 15 is 0 Å². The number of hydrogen-bond acceptors (Lipinski definition) is 0. The van der Waals surface area contributed by atoms with Crippen molar-refractivity contribution < 1.29 is 0 Å². The predicted molar refractivity (Wildman–Crippen MR) is 54.2 cm³/mol. The van der Waals surface area contributed by atoms with Crippen molar-refractivity contribution in [3.63, 3.8) is 0 Å². The first kappa shape index (κ1) is 9.32. The van der Waals surface area contributed by atoms with Crippen LogP contribution in [0.2, 0.25) is 0 Å². The molecule has 60 valence electrons. The van der Waals surface area contributed by atoms with E-state index in [-0.39, 0.29) is 0 Å². The molecule has 0 nitrogen and oxygen atoms in total.